The quantitative estimate of drug-likeness (QED) is 0.373. The second-order valence-corrected chi connectivity index (χ2v) is 5.35. The molecule has 1 fully saturated rings. The van der Waals surface area contributed by atoms with E-state index in [1.165, 1.54) is 20.8 Å². The van der Waals surface area contributed by atoms with Crippen molar-refractivity contribution in [3.8, 4) is 0 Å². The molecule has 0 unspecified atom stereocenters. The molecule has 0 N–H and O–H groups in total. The molecule has 0 aliphatic carbocycles. The van der Waals surface area contributed by atoms with E-state index >= 15 is 0 Å². The standard InChI is InChI=1S/C13H19BrO8/c1-7(15)20-10-6-19-13(18-5-4-14)12(22-9(3)17)11(10)21-8(2)16/h10-13H,4-6H2,1-3H3/t10-,11-,12+,13+/m0/s1. The lowest BCUT2D eigenvalue weighted by molar-refractivity contribution is -0.279. The Balaban J connectivity index is 2.95. The molecular weight excluding hydrogens is 364 g/mol. The fraction of sp³-hybridized carbons (Fsp3) is 0.769. The molecule has 0 spiro atoms. The van der Waals surface area contributed by atoms with Crippen LogP contribution in [-0.2, 0) is 38.1 Å². The van der Waals surface area contributed by atoms with Crippen LogP contribution < -0.4 is 0 Å². The van der Waals surface area contributed by atoms with Crippen LogP contribution in [0.1, 0.15) is 20.8 Å². The topological polar surface area (TPSA) is 97.4 Å². The summed E-state index contributed by atoms with van der Waals surface area (Å²) in [5.74, 6) is -1.76. The summed E-state index contributed by atoms with van der Waals surface area (Å²) in [7, 11) is 0. The zero-order chi connectivity index (χ0) is 16.7. The van der Waals surface area contributed by atoms with Crippen molar-refractivity contribution >= 4 is 33.8 Å². The number of hydrogen-bond acceptors (Lipinski definition) is 8. The molecule has 0 aromatic heterocycles. The second kappa shape index (κ2) is 9.06. The molecule has 0 saturated carbocycles. The number of ether oxygens (including phenoxy) is 5. The first kappa shape index (κ1) is 18.9. The average molecular weight is 383 g/mol. The third-order valence-electron chi connectivity index (χ3n) is 2.66. The van der Waals surface area contributed by atoms with E-state index in [1.807, 2.05) is 0 Å². The maximum atomic E-state index is 11.3. The van der Waals surface area contributed by atoms with Gasteiger partial charge in [-0.2, -0.15) is 0 Å². The Bertz CT molecular complexity index is 413. The Morgan fingerprint density at radius 2 is 1.55 bits per heavy atom. The minimum absolute atomic E-state index is 0.0394. The van der Waals surface area contributed by atoms with Gasteiger partial charge in [0.05, 0.1) is 13.2 Å². The van der Waals surface area contributed by atoms with E-state index in [9.17, 15) is 14.4 Å². The normalized spacial score (nSPS) is 27.8. The molecule has 1 rings (SSSR count). The zero-order valence-corrected chi connectivity index (χ0v) is 14.2. The summed E-state index contributed by atoms with van der Waals surface area (Å²) in [6.07, 6.45) is -3.83. The molecule has 0 aromatic carbocycles. The van der Waals surface area contributed by atoms with Crippen LogP contribution in [0.5, 0.6) is 0 Å². The van der Waals surface area contributed by atoms with Crippen LogP contribution in [0, 0.1) is 0 Å². The van der Waals surface area contributed by atoms with Gasteiger partial charge in [0, 0.05) is 26.1 Å². The van der Waals surface area contributed by atoms with Gasteiger partial charge >= 0.3 is 17.9 Å². The monoisotopic (exact) mass is 382 g/mol. The summed E-state index contributed by atoms with van der Waals surface area (Å²) in [4.78, 5) is 33.8. The largest absolute Gasteiger partial charge is 0.456 e. The Labute approximate surface area is 136 Å². The summed E-state index contributed by atoms with van der Waals surface area (Å²) in [5.41, 5.74) is 0. The number of rotatable bonds is 6. The highest BCUT2D eigenvalue weighted by Crippen LogP contribution is 2.25. The number of esters is 3. The highest BCUT2D eigenvalue weighted by atomic mass is 79.9. The molecule has 0 amide bonds. The van der Waals surface area contributed by atoms with E-state index in [4.69, 9.17) is 23.7 Å². The van der Waals surface area contributed by atoms with Gasteiger partial charge in [-0.05, 0) is 0 Å². The lowest BCUT2D eigenvalue weighted by Gasteiger charge is -2.40. The number of carbonyl (C=O) groups is 3. The smallest absolute Gasteiger partial charge is 0.303 e. The van der Waals surface area contributed by atoms with Crippen LogP contribution in [0.2, 0.25) is 0 Å². The second-order valence-electron chi connectivity index (χ2n) is 4.56. The molecule has 126 valence electrons. The Morgan fingerprint density at radius 1 is 1.00 bits per heavy atom. The maximum absolute atomic E-state index is 11.3. The van der Waals surface area contributed by atoms with Crippen molar-refractivity contribution < 1.29 is 38.1 Å². The van der Waals surface area contributed by atoms with Crippen molar-refractivity contribution in [1.29, 1.82) is 0 Å². The minimum Gasteiger partial charge on any atom is -0.456 e. The Kier molecular flexibility index (Phi) is 7.77. The third-order valence-corrected chi connectivity index (χ3v) is 2.99. The van der Waals surface area contributed by atoms with Crippen LogP contribution in [0.25, 0.3) is 0 Å². The van der Waals surface area contributed by atoms with Crippen LogP contribution in [0.15, 0.2) is 0 Å². The summed E-state index contributed by atoms with van der Waals surface area (Å²) in [6.45, 7) is 3.90. The van der Waals surface area contributed by atoms with E-state index in [0.29, 0.717) is 11.9 Å². The van der Waals surface area contributed by atoms with E-state index in [2.05, 4.69) is 15.9 Å². The van der Waals surface area contributed by atoms with Crippen molar-refractivity contribution in [2.45, 2.75) is 45.4 Å². The Hall–Kier alpha value is -1.19. The van der Waals surface area contributed by atoms with E-state index in [-0.39, 0.29) is 6.61 Å². The van der Waals surface area contributed by atoms with Crippen LogP contribution in [-0.4, -0.2) is 61.1 Å². The van der Waals surface area contributed by atoms with Gasteiger partial charge in [0.25, 0.3) is 0 Å². The van der Waals surface area contributed by atoms with Gasteiger partial charge in [-0.1, -0.05) is 15.9 Å². The van der Waals surface area contributed by atoms with Gasteiger partial charge in [-0.3, -0.25) is 14.4 Å². The van der Waals surface area contributed by atoms with Crippen LogP contribution in [0.3, 0.4) is 0 Å². The van der Waals surface area contributed by atoms with E-state index in [0.717, 1.165) is 0 Å². The third kappa shape index (κ3) is 5.90. The fourth-order valence-corrected chi connectivity index (χ4v) is 2.20. The van der Waals surface area contributed by atoms with Gasteiger partial charge in [-0.15, -0.1) is 0 Å². The molecule has 1 aliphatic rings. The first-order chi connectivity index (χ1) is 10.3. The highest BCUT2D eigenvalue weighted by molar-refractivity contribution is 9.09. The molecular formula is C13H19BrO8. The molecule has 1 saturated heterocycles. The molecule has 0 radical (unpaired) electrons. The SMILES string of the molecule is CC(=O)O[C@@H]1[C@@H](OC(C)=O)[C@H](OCCBr)OC[C@@H]1OC(C)=O. The summed E-state index contributed by atoms with van der Waals surface area (Å²) < 4.78 is 26.3. The van der Waals surface area contributed by atoms with E-state index < -0.39 is 42.5 Å². The number of hydrogen-bond donors (Lipinski definition) is 0. The molecule has 8 nitrogen and oxygen atoms in total. The zero-order valence-electron chi connectivity index (χ0n) is 12.6. The molecule has 0 bridgehead atoms. The predicted octanol–water partition coefficient (Wildman–Crippen LogP) is 0.549. The van der Waals surface area contributed by atoms with Crippen molar-refractivity contribution in [1.82, 2.24) is 0 Å². The molecule has 1 aliphatic heterocycles. The lowest BCUT2D eigenvalue weighted by Crippen LogP contribution is -2.58. The van der Waals surface area contributed by atoms with Crippen LogP contribution in [0.4, 0.5) is 0 Å². The van der Waals surface area contributed by atoms with Gasteiger partial charge in [0.2, 0.25) is 0 Å². The van der Waals surface area contributed by atoms with Crippen molar-refractivity contribution in [3.63, 3.8) is 0 Å². The van der Waals surface area contributed by atoms with E-state index in [1.54, 1.807) is 0 Å². The van der Waals surface area contributed by atoms with Crippen molar-refractivity contribution in [3.05, 3.63) is 0 Å². The van der Waals surface area contributed by atoms with Gasteiger partial charge in [0.1, 0.15) is 0 Å². The molecule has 9 heteroatoms. The molecule has 1 heterocycles. The Morgan fingerprint density at radius 3 is 2.05 bits per heavy atom. The highest BCUT2D eigenvalue weighted by Gasteiger charge is 2.47. The molecule has 22 heavy (non-hydrogen) atoms. The predicted molar refractivity (Wildman–Crippen MR) is 76.1 cm³/mol. The lowest BCUT2D eigenvalue weighted by atomic mass is 10.0. The van der Waals surface area contributed by atoms with Crippen LogP contribution >= 0.6 is 15.9 Å². The first-order valence-corrected chi connectivity index (χ1v) is 7.78. The van der Waals surface area contributed by atoms with Crippen molar-refractivity contribution in [2.75, 3.05) is 18.5 Å². The number of halogens is 1. The minimum atomic E-state index is -1.03. The first-order valence-electron chi connectivity index (χ1n) is 6.66. The molecule has 0 aromatic rings. The fourth-order valence-electron chi connectivity index (χ4n) is 2.01. The maximum Gasteiger partial charge on any atom is 0.303 e. The summed E-state index contributed by atoms with van der Waals surface area (Å²) >= 11 is 3.20. The van der Waals surface area contributed by atoms with Gasteiger partial charge < -0.3 is 23.7 Å². The number of carbonyl (C=O) groups excluding carboxylic acids is 3. The summed E-state index contributed by atoms with van der Waals surface area (Å²) in [6, 6.07) is 0. The van der Waals surface area contributed by atoms with Gasteiger partial charge in [-0.25, -0.2) is 0 Å². The number of alkyl halides is 1. The van der Waals surface area contributed by atoms with Crippen molar-refractivity contribution in [2.24, 2.45) is 0 Å². The van der Waals surface area contributed by atoms with Gasteiger partial charge in [0.15, 0.2) is 24.6 Å². The molecule has 4 atom stereocenters. The summed E-state index contributed by atoms with van der Waals surface area (Å²) in [5, 5.41) is 0.547. The average Bonchev–Trinajstić information content (AvgIpc) is 2.40.